The number of rotatable bonds is 2. The van der Waals surface area contributed by atoms with Crippen molar-refractivity contribution in [3.8, 4) is 0 Å². The Balaban J connectivity index is 1.81. The van der Waals surface area contributed by atoms with Crippen molar-refractivity contribution in [2.24, 2.45) is 5.92 Å². The second kappa shape index (κ2) is 6.34. The van der Waals surface area contributed by atoms with E-state index in [1.807, 2.05) is 0 Å². The number of carboxylic acids is 1. The molecule has 118 valence electrons. The Hall–Kier alpha value is -1.10. The number of carbonyl (C=O) groups excluding carboxylic acids is 1. The van der Waals surface area contributed by atoms with Gasteiger partial charge in [-0.15, -0.1) is 0 Å². The number of amides is 1. The van der Waals surface area contributed by atoms with Crippen molar-refractivity contribution in [1.29, 1.82) is 0 Å². The van der Waals surface area contributed by atoms with Gasteiger partial charge in [-0.3, -0.25) is 4.79 Å². The fraction of sp³-hybridized carbons (Fsp3) is 0.875. The Bertz CT molecular complexity index is 406. The van der Waals surface area contributed by atoms with Gasteiger partial charge in [0, 0.05) is 6.04 Å². The molecular weight excluding hydrogens is 268 g/mol. The molecule has 2 N–H and O–H groups in total. The normalized spacial score (nSPS) is 36.9. The summed E-state index contributed by atoms with van der Waals surface area (Å²) in [6.45, 7) is 0.871. The molecule has 3 rings (SSSR count). The number of carboxylic acid groups (broad SMARTS) is 1. The number of likely N-dealkylation sites (tertiary alicyclic amines) is 1. The second-order valence-corrected chi connectivity index (χ2v) is 6.79. The van der Waals surface area contributed by atoms with Crippen LogP contribution in [-0.2, 0) is 9.59 Å². The van der Waals surface area contributed by atoms with Crippen LogP contribution in [0, 0.1) is 5.92 Å². The van der Waals surface area contributed by atoms with Crippen LogP contribution < -0.4 is 5.32 Å². The van der Waals surface area contributed by atoms with Crippen LogP contribution in [0.5, 0.6) is 0 Å². The fourth-order valence-corrected chi connectivity index (χ4v) is 4.44. The van der Waals surface area contributed by atoms with Crippen LogP contribution in [0.3, 0.4) is 0 Å². The van der Waals surface area contributed by atoms with Crippen LogP contribution in [0.4, 0.5) is 0 Å². The minimum Gasteiger partial charge on any atom is -0.480 e. The van der Waals surface area contributed by atoms with E-state index >= 15 is 0 Å². The van der Waals surface area contributed by atoms with Crippen LogP contribution >= 0.6 is 0 Å². The SMILES string of the molecule is O=C(O)C1CCC2CCCCC2N1C(=O)C1CCCCN1. The Morgan fingerprint density at radius 3 is 2.43 bits per heavy atom. The lowest BCUT2D eigenvalue weighted by Gasteiger charge is -2.48. The number of hydrogen-bond donors (Lipinski definition) is 2. The third kappa shape index (κ3) is 2.93. The van der Waals surface area contributed by atoms with Gasteiger partial charge in [0.05, 0.1) is 6.04 Å². The molecule has 0 aromatic carbocycles. The van der Waals surface area contributed by atoms with E-state index in [0.717, 1.165) is 51.5 Å². The molecule has 4 atom stereocenters. The van der Waals surface area contributed by atoms with Crippen molar-refractivity contribution in [1.82, 2.24) is 10.2 Å². The highest BCUT2D eigenvalue weighted by Crippen LogP contribution is 2.38. The quantitative estimate of drug-likeness (QED) is 0.814. The first-order valence-corrected chi connectivity index (χ1v) is 8.47. The zero-order valence-electron chi connectivity index (χ0n) is 12.6. The van der Waals surface area contributed by atoms with Gasteiger partial charge in [-0.05, 0) is 51.0 Å². The van der Waals surface area contributed by atoms with Gasteiger partial charge in [-0.1, -0.05) is 19.3 Å². The summed E-state index contributed by atoms with van der Waals surface area (Å²) in [6.07, 6.45) is 9.07. The number of nitrogens with one attached hydrogen (secondary N) is 1. The topological polar surface area (TPSA) is 69.6 Å². The maximum atomic E-state index is 12.9. The number of carbonyl (C=O) groups is 2. The van der Waals surface area contributed by atoms with Crippen LogP contribution in [-0.4, -0.2) is 46.6 Å². The van der Waals surface area contributed by atoms with Crippen LogP contribution in [0.2, 0.25) is 0 Å². The Morgan fingerprint density at radius 1 is 0.952 bits per heavy atom. The van der Waals surface area contributed by atoms with Gasteiger partial charge < -0.3 is 15.3 Å². The van der Waals surface area contributed by atoms with E-state index in [-0.39, 0.29) is 18.0 Å². The first-order chi connectivity index (χ1) is 10.2. The van der Waals surface area contributed by atoms with Gasteiger partial charge in [-0.2, -0.15) is 0 Å². The zero-order chi connectivity index (χ0) is 14.8. The molecule has 1 aliphatic carbocycles. The second-order valence-electron chi connectivity index (χ2n) is 6.79. The molecule has 3 fully saturated rings. The third-order valence-corrected chi connectivity index (χ3v) is 5.52. The van der Waals surface area contributed by atoms with Crippen molar-refractivity contribution < 1.29 is 14.7 Å². The summed E-state index contributed by atoms with van der Waals surface area (Å²) in [7, 11) is 0. The van der Waals surface area contributed by atoms with Gasteiger partial charge in [0.2, 0.25) is 5.91 Å². The lowest BCUT2D eigenvalue weighted by Crippen LogP contribution is -2.61. The molecule has 3 aliphatic rings. The minimum absolute atomic E-state index is 0.0405. The van der Waals surface area contributed by atoms with Crippen LogP contribution in [0.1, 0.15) is 57.8 Å². The Morgan fingerprint density at radius 2 is 1.71 bits per heavy atom. The lowest BCUT2D eigenvalue weighted by atomic mass is 9.76. The summed E-state index contributed by atoms with van der Waals surface area (Å²) >= 11 is 0. The molecule has 4 unspecified atom stereocenters. The molecule has 2 saturated heterocycles. The number of hydrogen-bond acceptors (Lipinski definition) is 3. The Labute approximate surface area is 126 Å². The number of fused-ring (bicyclic) bond motifs is 1. The Kier molecular flexibility index (Phi) is 4.48. The third-order valence-electron chi connectivity index (χ3n) is 5.52. The van der Waals surface area contributed by atoms with Gasteiger partial charge >= 0.3 is 5.97 Å². The van der Waals surface area contributed by atoms with E-state index in [0.29, 0.717) is 12.3 Å². The van der Waals surface area contributed by atoms with Gasteiger partial charge in [0.25, 0.3) is 0 Å². The first kappa shape index (κ1) is 14.8. The largest absolute Gasteiger partial charge is 0.480 e. The first-order valence-electron chi connectivity index (χ1n) is 8.47. The maximum absolute atomic E-state index is 12.9. The predicted molar refractivity (Wildman–Crippen MR) is 78.9 cm³/mol. The molecule has 0 spiro atoms. The molecular formula is C16H26N2O3. The van der Waals surface area contributed by atoms with E-state index in [1.165, 1.54) is 6.42 Å². The predicted octanol–water partition coefficient (Wildman–Crippen LogP) is 1.76. The lowest BCUT2D eigenvalue weighted by molar-refractivity contribution is -0.159. The van der Waals surface area contributed by atoms with Crippen molar-refractivity contribution in [2.75, 3.05) is 6.54 Å². The van der Waals surface area contributed by atoms with Gasteiger partial charge in [0.1, 0.15) is 6.04 Å². The van der Waals surface area contributed by atoms with Crippen molar-refractivity contribution in [3.05, 3.63) is 0 Å². The molecule has 21 heavy (non-hydrogen) atoms. The summed E-state index contributed by atoms with van der Waals surface area (Å²) in [5.41, 5.74) is 0. The highest BCUT2D eigenvalue weighted by Gasteiger charge is 2.45. The number of aliphatic carboxylic acids is 1. The smallest absolute Gasteiger partial charge is 0.326 e. The van der Waals surface area contributed by atoms with Crippen LogP contribution in [0.15, 0.2) is 0 Å². The van der Waals surface area contributed by atoms with E-state index in [2.05, 4.69) is 5.32 Å². The molecule has 0 aromatic heterocycles. The van der Waals surface area contributed by atoms with E-state index in [1.54, 1.807) is 4.90 Å². The highest BCUT2D eigenvalue weighted by molar-refractivity contribution is 5.87. The van der Waals surface area contributed by atoms with Crippen molar-refractivity contribution in [3.63, 3.8) is 0 Å². The molecule has 5 nitrogen and oxygen atoms in total. The van der Waals surface area contributed by atoms with Gasteiger partial charge in [-0.25, -0.2) is 4.79 Å². The monoisotopic (exact) mass is 294 g/mol. The molecule has 1 saturated carbocycles. The fourth-order valence-electron chi connectivity index (χ4n) is 4.44. The molecule has 0 aromatic rings. The zero-order valence-corrected chi connectivity index (χ0v) is 12.6. The van der Waals surface area contributed by atoms with Crippen LogP contribution in [0.25, 0.3) is 0 Å². The summed E-state index contributed by atoms with van der Waals surface area (Å²) < 4.78 is 0. The minimum atomic E-state index is -0.830. The van der Waals surface area contributed by atoms with Crippen molar-refractivity contribution >= 4 is 11.9 Å². The maximum Gasteiger partial charge on any atom is 0.326 e. The van der Waals surface area contributed by atoms with E-state index < -0.39 is 12.0 Å². The summed E-state index contributed by atoms with van der Waals surface area (Å²) in [6, 6.07) is -0.619. The van der Waals surface area contributed by atoms with E-state index in [4.69, 9.17) is 0 Å². The summed E-state index contributed by atoms with van der Waals surface area (Å²) in [5.74, 6) is -0.274. The summed E-state index contributed by atoms with van der Waals surface area (Å²) in [5, 5.41) is 12.8. The average molecular weight is 294 g/mol. The molecule has 2 aliphatic heterocycles. The number of piperidine rings is 2. The van der Waals surface area contributed by atoms with Crippen molar-refractivity contribution in [2.45, 2.75) is 75.9 Å². The molecule has 0 radical (unpaired) electrons. The average Bonchev–Trinajstić information content (AvgIpc) is 2.53. The molecule has 2 heterocycles. The highest BCUT2D eigenvalue weighted by atomic mass is 16.4. The molecule has 5 heteroatoms. The number of nitrogens with zero attached hydrogens (tertiary/aromatic N) is 1. The molecule has 0 bridgehead atoms. The van der Waals surface area contributed by atoms with E-state index in [9.17, 15) is 14.7 Å². The standard InChI is InChI=1S/C16H26N2O3/c19-15(12-6-3-4-10-17-12)18-13-7-2-1-5-11(13)8-9-14(18)16(20)21/h11-14,17H,1-10H2,(H,20,21). The summed E-state index contributed by atoms with van der Waals surface area (Å²) in [4.78, 5) is 26.3. The van der Waals surface area contributed by atoms with Gasteiger partial charge in [0.15, 0.2) is 0 Å². The molecule has 1 amide bonds.